The zero-order chi connectivity index (χ0) is 25.3. The Balaban J connectivity index is 1.35. The van der Waals surface area contributed by atoms with Gasteiger partial charge < -0.3 is 14.8 Å². The Bertz CT molecular complexity index is 1510. The van der Waals surface area contributed by atoms with Gasteiger partial charge in [0.2, 0.25) is 16.0 Å². The smallest absolute Gasteiger partial charge is 0.227 e. The molecule has 0 bridgehead atoms. The van der Waals surface area contributed by atoms with Gasteiger partial charge in [-0.3, -0.25) is 4.40 Å². The summed E-state index contributed by atoms with van der Waals surface area (Å²) >= 11 is 6.42. The summed E-state index contributed by atoms with van der Waals surface area (Å²) in [6.07, 6.45) is 5.56. The van der Waals surface area contributed by atoms with Crippen molar-refractivity contribution < 1.29 is 17.9 Å². The lowest BCUT2D eigenvalue weighted by atomic mass is 10.2. The molecule has 0 radical (unpaired) electrons. The summed E-state index contributed by atoms with van der Waals surface area (Å²) in [5, 5.41) is 3.58. The number of fused-ring (bicyclic) bond motifs is 1. The minimum absolute atomic E-state index is 0.0830. The van der Waals surface area contributed by atoms with Crippen LogP contribution < -0.4 is 14.8 Å². The number of pyridine rings is 1. The Labute approximate surface area is 213 Å². The molecule has 1 aromatic carbocycles. The van der Waals surface area contributed by atoms with E-state index in [1.165, 1.54) is 10.5 Å². The number of hydrogen-bond acceptors (Lipinski definition) is 8. The van der Waals surface area contributed by atoms with Crippen LogP contribution in [0.25, 0.3) is 17.0 Å². The minimum Gasteiger partial charge on any atom is -0.494 e. The van der Waals surface area contributed by atoms with Gasteiger partial charge in [0.25, 0.3) is 0 Å². The normalized spacial score (nSPS) is 16.4. The van der Waals surface area contributed by atoms with Crippen molar-refractivity contribution in [2.24, 2.45) is 0 Å². The van der Waals surface area contributed by atoms with Crippen molar-refractivity contribution in [1.29, 1.82) is 0 Å². The first-order valence-electron chi connectivity index (χ1n) is 11.4. The van der Waals surface area contributed by atoms with Crippen LogP contribution in [-0.4, -0.2) is 64.1 Å². The van der Waals surface area contributed by atoms with Crippen molar-refractivity contribution >= 4 is 38.9 Å². The van der Waals surface area contributed by atoms with Gasteiger partial charge in [-0.15, -0.1) is 0 Å². The molecule has 1 N–H and O–H groups in total. The number of rotatable bonds is 8. The Morgan fingerprint density at radius 2 is 2.06 bits per heavy atom. The maximum absolute atomic E-state index is 12.1. The van der Waals surface area contributed by atoms with Crippen molar-refractivity contribution in [2.45, 2.75) is 19.4 Å². The topological polar surface area (TPSA) is 111 Å². The van der Waals surface area contributed by atoms with Crippen LogP contribution in [0.1, 0.15) is 13.3 Å². The maximum atomic E-state index is 12.1. The summed E-state index contributed by atoms with van der Waals surface area (Å²) in [6.45, 7) is 2.44. The van der Waals surface area contributed by atoms with Gasteiger partial charge in [0.1, 0.15) is 28.9 Å². The Morgan fingerprint density at radius 3 is 2.86 bits per heavy atom. The molecule has 12 heteroatoms. The summed E-state index contributed by atoms with van der Waals surface area (Å²) in [5.74, 6) is 1.53. The van der Waals surface area contributed by atoms with Gasteiger partial charge in [-0.1, -0.05) is 17.7 Å². The number of aromatic nitrogens is 4. The number of halogens is 1. The van der Waals surface area contributed by atoms with Crippen LogP contribution in [0.4, 0.5) is 11.6 Å². The van der Waals surface area contributed by atoms with Crippen molar-refractivity contribution in [2.75, 3.05) is 31.3 Å². The SMILES string of the molecule is CCS(=O)(=O)N1CC[C@@H](Oc2ccc(Nc3ncc(Cl)c(-c4cnc5ccccn45)n3)c(OC)c2)C1. The molecule has 3 aromatic heterocycles. The second-order valence-electron chi connectivity index (χ2n) is 8.24. The molecule has 10 nitrogen and oxygen atoms in total. The van der Waals surface area contributed by atoms with Crippen LogP contribution in [-0.2, 0) is 10.0 Å². The first-order valence-corrected chi connectivity index (χ1v) is 13.4. The molecule has 1 saturated heterocycles. The number of anilines is 2. The van der Waals surface area contributed by atoms with E-state index in [-0.39, 0.29) is 11.9 Å². The summed E-state index contributed by atoms with van der Waals surface area (Å²) in [4.78, 5) is 13.3. The van der Waals surface area contributed by atoms with Gasteiger partial charge in [-0.25, -0.2) is 23.4 Å². The molecule has 4 aromatic rings. The average molecular weight is 529 g/mol. The average Bonchev–Trinajstić information content (AvgIpc) is 3.54. The van der Waals surface area contributed by atoms with E-state index in [0.717, 1.165) is 11.3 Å². The van der Waals surface area contributed by atoms with E-state index in [2.05, 4.69) is 20.3 Å². The highest BCUT2D eigenvalue weighted by atomic mass is 35.5. The number of sulfonamides is 1. The third kappa shape index (κ3) is 4.81. The second kappa shape index (κ2) is 9.92. The van der Waals surface area contributed by atoms with Crippen LogP contribution in [0, 0.1) is 0 Å². The zero-order valence-corrected chi connectivity index (χ0v) is 21.3. The van der Waals surface area contributed by atoms with Gasteiger partial charge in [0.15, 0.2) is 0 Å². The second-order valence-corrected chi connectivity index (χ2v) is 10.9. The maximum Gasteiger partial charge on any atom is 0.227 e. The predicted molar refractivity (Wildman–Crippen MR) is 138 cm³/mol. The fourth-order valence-corrected chi connectivity index (χ4v) is 5.43. The number of imidazole rings is 1. The summed E-state index contributed by atoms with van der Waals surface area (Å²) < 4.78 is 39.2. The van der Waals surface area contributed by atoms with E-state index in [1.807, 2.05) is 28.8 Å². The molecular formula is C24H25ClN6O4S. The molecule has 1 aliphatic heterocycles. The van der Waals surface area contributed by atoms with E-state index in [0.29, 0.717) is 53.4 Å². The molecule has 0 spiro atoms. The van der Waals surface area contributed by atoms with Crippen molar-refractivity contribution in [3.8, 4) is 22.9 Å². The van der Waals surface area contributed by atoms with E-state index >= 15 is 0 Å². The van der Waals surface area contributed by atoms with Gasteiger partial charge in [-0.05, 0) is 37.6 Å². The molecule has 0 unspecified atom stereocenters. The van der Waals surface area contributed by atoms with E-state index < -0.39 is 10.0 Å². The first kappa shape index (κ1) is 24.3. The number of nitrogens with zero attached hydrogens (tertiary/aromatic N) is 5. The monoisotopic (exact) mass is 528 g/mol. The van der Waals surface area contributed by atoms with Gasteiger partial charge in [-0.2, -0.15) is 4.31 Å². The lowest BCUT2D eigenvalue weighted by molar-refractivity contribution is 0.214. The van der Waals surface area contributed by atoms with Crippen LogP contribution in [0.2, 0.25) is 5.02 Å². The number of nitrogens with one attached hydrogen (secondary N) is 1. The highest BCUT2D eigenvalue weighted by Gasteiger charge is 2.31. The molecule has 1 fully saturated rings. The predicted octanol–water partition coefficient (Wildman–Crippen LogP) is 4.00. The number of benzene rings is 1. The van der Waals surface area contributed by atoms with Crippen molar-refractivity contribution in [3.05, 3.63) is 60.0 Å². The van der Waals surface area contributed by atoms with Crippen LogP contribution in [0.5, 0.6) is 11.5 Å². The molecule has 4 heterocycles. The molecule has 0 amide bonds. The van der Waals surface area contributed by atoms with E-state index in [9.17, 15) is 8.42 Å². The number of ether oxygens (including phenoxy) is 2. The zero-order valence-electron chi connectivity index (χ0n) is 19.8. The third-order valence-corrected chi connectivity index (χ3v) is 8.12. The molecule has 5 rings (SSSR count). The third-order valence-electron chi connectivity index (χ3n) is 5.99. The molecular weight excluding hydrogens is 504 g/mol. The molecule has 1 atom stereocenters. The van der Waals surface area contributed by atoms with E-state index in [1.54, 1.807) is 38.4 Å². The number of methoxy groups -OCH3 is 1. The van der Waals surface area contributed by atoms with Crippen molar-refractivity contribution in [1.82, 2.24) is 23.7 Å². The lowest BCUT2D eigenvalue weighted by Gasteiger charge is -2.17. The quantitative estimate of drug-likeness (QED) is 0.365. The molecule has 36 heavy (non-hydrogen) atoms. The van der Waals surface area contributed by atoms with Crippen LogP contribution >= 0.6 is 11.6 Å². The standard InChI is InChI=1S/C24H25ClN6O4S/c1-3-36(32,33)30-11-9-17(15-30)35-16-7-8-19(21(12-16)34-2)28-24-27-13-18(25)23(29-24)20-14-26-22-6-4-5-10-31(20)22/h4-8,10,12-14,17H,3,9,11,15H2,1-2H3,(H,27,28,29)/t17-/m1/s1. The summed E-state index contributed by atoms with van der Waals surface area (Å²) in [7, 11) is -1.67. The van der Waals surface area contributed by atoms with Crippen LogP contribution in [0.15, 0.2) is 55.0 Å². The largest absolute Gasteiger partial charge is 0.494 e. The van der Waals surface area contributed by atoms with Gasteiger partial charge >= 0.3 is 0 Å². The highest BCUT2D eigenvalue weighted by molar-refractivity contribution is 7.89. The summed E-state index contributed by atoms with van der Waals surface area (Å²) in [5.41, 5.74) is 2.71. The molecule has 0 saturated carbocycles. The molecule has 188 valence electrons. The van der Waals surface area contributed by atoms with Crippen LogP contribution in [0.3, 0.4) is 0 Å². The van der Waals surface area contributed by atoms with Gasteiger partial charge in [0, 0.05) is 18.8 Å². The van der Waals surface area contributed by atoms with E-state index in [4.69, 9.17) is 21.1 Å². The Kier molecular flexibility index (Phi) is 6.69. The molecule has 0 aliphatic carbocycles. The molecule has 1 aliphatic rings. The first-order chi connectivity index (χ1) is 17.4. The minimum atomic E-state index is -3.22. The number of hydrogen-bond donors (Lipinski definition) is 1. The fraction of sp³-hybridized carbons (Fsp3) is 0.292. The Hall–Kier alpha value is -3.41. The lowest BCUT2D eigenvalue weighted by Crippen LogP contribution is -2.32. The summed E-state index contributed by atoms with van der Waals surface area (Å²) in [6, 6.07) is 11.1. The van der Waals surface area contributed by atoms with Gasteiger partial charge in [0.05, 0.1) is 48.2 Å². The fourth-order valence-electron chi connectivity index (χ4n) is 4.10. The van der Waals surface area contributed by atoms with Crippen molar-refractivity contribution in [3.63, 3.8) is 0 Å². The highest BCUT2D eigenvalue weighted by Crippen LogP contribution is 2.33. The Morgan fingerprint density at radius 1 is 1.19 bits per heavy atom.